The van der Waals surface area contributed by atoms with Gasteiger partial charge < -0.3 is 25.2 Å². The Balaban J connectivity index is 1.77. The molecule has 2 heterocycles. The zero-order valence-corrected chi connectivity index (χ0v) is 13.2. The van der Waals surface area contributed by atoms with E-state index in [-0.39, 0.29) is 0 Å². The first-order valence-electron chi connectivity index (χ1n) is 7.93. The van der Waals surface area contributed by atoms with Crippen molar-refractivity contribution in [3.63, 3.8) is 0 Å². The third-order valence-corrected chi connectivity index (χ3v) is 4.30. The molecule has 2 N–H and O–H groups in total. The predicted octanol–water partition coefficient (Wildman–Crippen LogP) is 0.717. The molecule has 2 fully saturated rings. The van der Waals surface area contributed by atoms with Gasteiger partial charge >= 0.3 is 0 Å². The number of piperazine rings is 1. The van der Waals surface area contributed by atoms with Gasteiger partial charge in [-0.1, -0.05) is 12.1 Å². The Morgan fingerprint density at radius 2 is 1.73 bits per heavy atom. The fourth-order valence-corrected chi connectivity index (χ4v) is 2.86. The van der Waals surface area contributed by atoms with Crippen molar-refractivity contribution >= 4 is 17.3 Å². The van der Waals surface area contributed by atoms with E-state index < -0.39 is 0 Å². The molecule has 0 aliphatic carbocycles. The number of para-hydroxylation sites is 2. The van der Waals surface area contributed by atoms with Crippen molar-refractivity contribution in [2.75, 3.05) is 64.4 Å². The molecule has 2 aliphatic heterocycles. The maximum absolute atomic E-state index is 6.24. The van der Waals surface area contributed by atoms with Crippen LogP contribution in [0.15, 0.2) is 29.3 Å². The first kappa shape index (κ1) is 15.1. The van der Waals surface area contributed by atoms with Crippen LogP contribution >= 0.6 is 0 Å². The molecule has 0 bridgehead atoms. The molecule has 0 aromatic heterocycles. The van der Waals surface area contributed by atoms with Crippen LogP contribution in [0.25, 0.3) is 0 Å². The molecule has 2 aliphatic rings. The smallest absolute Gasteiger partial charge is 0.196 e. The zero-order valence-electron chi connectivity index (χ0n) is 13.2. The van der Waals surface area contributed by atoms with Gasteiger partial charge in [0, 0.05) is 39.3 Å². The van der Waals surface area contributed by atoms with Crippen molar-refractivity contribution in [3.8, 4) is 0 Å². The Bertz CT molecular complexity index is 519. The first-order chi connectivity index (χ1) is 10.7. The summed E-state index contributed by atoms with van der Waals surface area (Å²) in [5.74, 6) is 0.619. The number of likely N-dealkylation sites (N-methyl/N-ethyl adjacent to an activating group) is 1. The molecule has 0 radical (unpaired) electrons. The van der Waals surface area contributed by atoms with Gasteiger partial charge in [-0.15, -0.1) is 0 Å². The fraction of sp³-hybridized carbons (Fsp3) is 0.562. The number of aliphatic imine (C=N–C) groups is 1. The normalized spacial score (nSPS) is 21.2. The molecule has 2 saturated heterocycles. The summed E-state index contributed by atoms with van der Waals surface area (Å²) in [4.78, 5) is 11.5. The number of morpholine rings is 1. The van der Waals surface area contributed by atoms with Crippen molar-refractivity contribution in [1.82, 2.24) is 9.80 Å². The molecule has 1 aromatic rings. The van der Waals surface area contributed by atoms with E-state index in [1.54, 1.807) is 0 Å². The molecule has 0 unspecified atom stereocenters. The Labute approximate surface area is 132 Å². The summed E-state index contributed by atoms with van der Waals surface area (Å²) in [7, 11) is 2.14. The van der Waals surface area contributed by atoms with Crippen LogP contribution in [-0.4, -0.2) is 75.3 Å². The minimum Gasteiger partial charge on any atom is -0.378 e. The lowest BCUT2D eigenvalue weighted by Gasteiger charge is -2.33. The molecule has 0 amide bonds. The van der Waals surface area contributed by atoms with Crippen LogP contribution < -0.4 is 10.6 Å². The summed E-state index contributed by atoms with van der Waals surface area (Å²) in [5, 5.41) is 0. The molecule has 0 spiro atoms. The van der Waals surface area contributed by atoms with Crippen molar-refractivity contribution in [3.05, 3.63) is 24.3 Å². The van der Waals surface area contributed by atoms with E-state index >= 15 is 0 Å². The Morgan fingerprint density at radius 1 is 1.05 bits per heavy atom. The van der Waals surface area contributed by atoms with E-state index in [1.807, 2.05) is 12.1 Å². The largest absolute Gasteiger partial charge is 0.378 e. The third kappa shape index (κ3) is 3.51. The molecular weight excluding hydrogens is 278 g/mol. The second-order valence-electron chi connectivity index (χ2n) is 5.85. The molecular formula is C16H25N5O. The lowest BCUT2D eigenvalue weighted by molar-refractivity contribution is 0.123. The monoisotopic (exact) mass is 303 g/mol. The lowest BCUT2D eigenvalue weighted by Crippen LogP contribution is -2.49. The van der Waals surface area contributed by atoms with Crippen LogP contribution in [0.2, 0.25) is 0 Å². The molecule has 120 valence electrons. The highest BCUT2D eigenvalue weighted by Crippen LogP contribution is 2.29. The van der Waals surface area contributed by atoms with Crippen LogP contribution in [0.1, 0.15) is 0 Å². The highest BCUT2D eigenvalue weighted by Gasteiger charge is 2.17. The third-order valence-electron chi connectivity index (χ3n) is 4.30. The molecule has 0 atom stereocenters. The second-order valence-corrected chi connectivity index (χ2v) is 5.85. The second kappa shape index (κ2) is 6.98. The van der Waals surface area contributed by atoms with Crippen LogP contribution in [0.4, 0.5) is 11.4 Å². The Kier molecular flexibility index (Phi) is 4.80. The van der Waals surface area contributed by atoms with Gasteiger partial charge in [-0.3, -0.25) is 0 Å². The number of hydrogen-bond donors (Lipinski definition) is 1. The molecule has 3 rings (SSSR count). The van der Waals surface area contributed by atoms with Crippen molar-refractivity contribution in [2.45, 2.75) is 0 Å². The van der Waals surface area contributed by atoms with Gasteiger partial charge in [0.25, 0.3) is 0 Å². The van der Waals surface area contributed by atoms with E-state index in [0.717, 1.165) is 63.9 Å². The Morgan fingerprint density at radius 3 is 2.45 bits per heavy atom. The molecule has 22 heavy (non-hydrogen) atoms. The van der Waals surface area contributed by atoms with E-state index in [9.17, 15) is 0 Å². The van der Waals surface area contributed by atoms with Crippen molar-refractivity contribution in [2.24, 2.45) is 10.7 Å². The maximum Gasteiger partial charge on any atom is 0.196 e. The number of rotatable bonds is 2. The molecule has 6 heteroatoms. The quantitative estimate of drug-likeness (QED) is 0.644. The van der Waals surface area contributed by atoms with Gasteiger partial charge in [-0.25, -0.2) is 4.99 Å². The van der Waals surface area contributed by atoms with E-state index in [0.29, 0.717) is 5.96 Å². The number of hydrogen-bond acceptors (Lipinski definition) is 4. The highest BCUT2D eigenvalue weighted by atomic mass is 16.5. The summed E-state index contributed by atoms with van der Waals surface area (Å²) < 4.78 is 5.43. The number of benzene rings is 1. The van der Waals surface area contributed by atoms with E-state index in [2.05, 4.69) is 33.9 Å². The minimum absolute atomic E-state index is 0.619. The first-order valence-corrected chi connectivity index (χ1v) is 7.93. The van der Waals surface area contributed by atoms with Gasteiger partial charge in [0.2, 0.25) is 0 Å². The molecule has 0 saturated carbocycles. The summed E-state index contributed by atoms with van der Waals surface area (Å²) >= 11 is 0. The summed E-state index contributed by atoms with van der Waals surface area (Å²) in [6.07, 6.45) is 0. The standard InChI is InChI=1S/C16H25N5O/c1-19-6-8-21(9-7-19)16(17)18-14-4-2-3-5-15(14)20-10-12-22-13-11-20/h2-5H,6-13H2,1H3,(H2,17,18). The van der Waals surface area contributed by atoms with Gasteiger partial charge in [-0.05, 0) is 19.2 Å². The molecule has 6 nitrogen and oxygen atoms in total. The fourth-order valence-electron chi connectivity index (χ4n) is 2.86. The number of nitrogens with two attached hydrogens (primary N) is 1. The van der Waals surface area contributed by atoms with Gasteiger partial charge in [-0.2, -0.15) is 0 Å². The van der Waals surface area contributed by atoms with Crippen LogP contribution in [-0.2, 0) is 4.74 Å². The van der Waals surface area contributed by atoms with Crippen LogP contribution in [0.3, 0.4) is 0 Å². The van der Waals surface area contributed by atoms with Gasteiger partial charge in [0.1, 0.15) is 0 Å². The van der Waals surface area contributed by atoms with E-state index in [4.69, 9.17) is 15.5 Å². The molecule has 1 aromatic carbocycles. The topological polar surface area (TPSA) is 57.3 Å². The predicted molar refractivity (Wildman–Crippen MR) is 89.8 cm³/mol. The van der Waals surface area contributed by atoms with Crippen molar-refractivity contribution < 1.29 is 4.74 Å². The summed E-state index contributed by atoms with van der Waals surface area (Å²) in [6.45, 7) is 7.28. The summed E-state index contributed by atoms with van der Waals surface area (Å²) in [6, 6.07) is 8.21. The average Bonchev–Trinajstić information content (AvgIpc) is 2.57. The van der Waals surface area contributed by atoms with Crippen LogP contribution in [0, 0.1) is 0 Å². The number of ether oxygens (including phenoxy) is 1. The maximum atomic E-state index is 6.24. The van der Waals surface area contributed by atoms with Crippen LogP contribution in [0.5, 0.6) is 0 Å². The summed E-state index contributed by atoms with van der Waals surface area (Å²) in [5.41, 5.74) is 8.33. The zero-order chi connectivity index (χ0) is 15.4. The van der Waals surface area contributed by atoms with Gasteiger partial charge in [0.15, 0.2) is 5.96 Å². The average molecular weight is 303 g/mol. The van der Waals surface area contributed by atoms with Gasteiger partial charge in [0.05, 0.1) is 24.6 Å². The number of nitrogens with zero attached hydrogens (tertiary/aromatic N) is 4. The SMILES string of the molecule is CN1CCN(C(N)=Nc2ccccc2N2CCOCC2)CC1. The minimum atomic E-state index is 0.619. The highest BCUT2D eigenvalue weighted by molar-refractivity contribution is 5.84. The Hall–Kier alpha value is -1.79. The number of guanidine groups is 1. The van der Waals surface area contributed by atoms with E-state index in [1.165, 1.54) is 0 Å². The van der Waals surface area contributed by atoms with Crippen molar-refractivity contribution in [1.29, 1.82) is 0 Å². The lowest BCUT2D eigenvalue weighted by atomic mass is 10.2. The number of anilines is 1.